The van der Waals surface area contributed by atoms with Crippen molar-refractivity contribution in [2.45, 2.75) is 59.0 Å². The number of carbonyl (C=O) groups excluding carboxylic acids is 3. The van der Waals surface area contributed by atoms with Crippen LogP contribution in [0, 0.1) is 5.41 Å². The topological polar surface area (TPSA) is 75.7 Å². The molecule has 1 heterocycles. The van der Waals surface area contributed by atoms with Gasteiger partial charge in [-0.1, -0.05) is 20.8 Å². The molecule has 1 aliphatic rings. The van der Waals surface area contributed by atoms with Gasteiger partial charge in [0.25, 0.3) is 0 Å². The molecular weight excluding hydrogens is 272 g/mol. The van der Waals surface area contributed by atoms with Gasteiger partial charge in [-0.2, -0.15) is 0 Å². The van der Waals surface area contributed by atoms with E-state index in [1.54, 1.807) is 27.7 Å². The maximum absolute atomic E-state index is 12.5. The molecule has 1 N–H and O–H groups in total. The molecule has 6 nitrogen and oxygen atoms in total. The Bertz CT molecular complexity index is 414. The predicted molar refractivity (Wildman–Crippen MR) is 78.4 cm³/mol. The van der Waals surface area contributed by atoms with Gasteiger partial charge >= 0.3 is 5.97 Å². The Hall–Kier alpha value is -1.59. The monoisotopic (exact) mass is 298 g/mol. The SMILES string of the molecule is COC(=O)[C@H]1CCCCN1C(=O)C(C)NC(=O)C(C)(C)C. The quantitative estimate of drug-likeness (QED) is 0.791. The number of likely N-dealkylation sites (tertiary alicyclic amines) is 1. The second-order valence-corrected chi connectivity index (χ2v) is 6.51. The molecule has 2 atom stereocenters. The molecule has 1 unspecified atom stereocenters. The van der Waals surface area contributed by atoms with Crippen molar-refractivity contribution in [3.05, 3.63) is 0 Å². The highest BCUT2D eigenvalue weighted by atomic mass is 16.5. The van der Waals surface area contributed by atoms with Gasteiger partial charge in [0.15, 0.2) is 0 Å². The van der Waals surface area contributed by atoms with Gasteiger partial charge in [-0.25, -0.2) is 4.79 Å². The normalized spacial score (nSPS) is 20.6. The number of nitrogens with one attached hydrogen (secondary N) is 1. The maximum atomic E-state index is 12.5. The van der Waals surface area contributed by atoms with Gasteiger partial charge in [0.05, 0.1) is 7.11 Å². The smallest absolute Gasteiger partial charge is 0.328 e. The molecule has 0 saturated carbocycles. The average Bonchev–Trinajstić information content (AvgIpc) is 2.44. The highest BCUT2D eigenvalue weighted by Gasteiger charge is 2.36. The van der Waals surface area contributed by atoms with E-state index in [0.29, 0.717) is 13.0 Å². The van der Waals surface area contributed by atoms with Crippen LogP contribution >= 0.6 is 0 Å². The average molecular weight is 298 g/mol. The second kappa shape index (κ2) is 6.91. The number of piperidine rings is 1. The highest BCUT2D eigenvalue weighted by Crippen LogP contribution is 2.20. The molecule has 1 fully saturated rings. The van der Waals surface area contributed by atoms with Crippen LogP contribution in [-0.2, 0) is 19.1 Å². The first-order valence-electron chi connectivity index (χ1n) is 7.37. The molecule has 2 amide bonds. The molecule has 0 aromatic rings. The molecule has 0 bridgehead atoms. The van der Waals surface area contributed by atoms with Crippen LogP contribution in [0.25, 0.3) is 0 Å². The Morgan fingerprint density at radius 1 is 1.24 bits per heavy atom. The third kappa shape index (κ3) is 4.44. The Morgan fingerprint density at radius 3 is 2.38 bits per heavy atom. The van der Waals surface area contributed by atoms with Crippen molar-refractivity contribution in [1.29, 1.82) is 0 Å². The van der Waals surface area contributed by atoms with Crippen molar-refractivity contribution in [3.63, 3.8) is 0 Å². The van der Waals surface area contributed by atoms with Gasteiger partial charge in [-0.15, -0.1) is 0 Å². The lowest BCUT2D eigenvalue weighted by molar-refractivity contribution is -0.155. The number of esters is 1. The number of amides is 2. The lowest BCUT2D eigenvalue weighted by Crippen LogP contribution is -2.55. The number of methoxy groups -OCH3 is 1. The first kappa shape index (κ1) is 17.5. The number of nitrogens with zero attached hydrogens (tertiary/aromatic N) is 1. The fourth-order valence-corrected chi connectivity index (χ4v) is 2.30. The van der Waals surface area contributed by atoms with Crippen molar-refractivity contribution in [2.75, 3.05) is 13.7 Å². The van der Waals surface area contributed by atoms with E-state index in [4.69, 9.17) is 4.74 Å². The molecular formula is C15H26N2O4. The maximum Gasteiger partial charge on any atom is 0.328 e. The van der Waals surface area contributed by atoms with E-state index in [1.807, 2.05) is 0 Å². The summed E-state index contributed by atoms with van der Waals surface area (Å²) in [7, 11) is 1.32. The molecule has 0 aliphatic carbocycles. The summed E-state index contributed by atoms with van der Waals surface area (Å²) in [6.07, 6.45) is 2.36. The van der Waals surface area contributed by atoms with Crippen molar-refractivity contribution in [3.8, 4) is 0 Å². The number of hydrogen-bond donors (Lipinski definition) is 1. The van der Waals surface area contributed by atoms with Crippen molar-refractivity contribution in [2.24, 2.45) is 5.41 Å². The van der Waals surface area contributed by atoms with Crippen LogP contribution in [-0.4, -0.2) is 48.4 Å². The zero-order valence-corrected chi connectivity index (χ0v) is 13.6. The summed E-state index contributed by atoms with van der Waals surface area (Å²) in [6, 6.07) is -1.19. The summed E-state index contributed by atoms with van der Waals surface area (Å²) in [6.45, 7) is 7.54. The van der Waals surface area contributed by atoms with Crippen LogP contribution in [0.2, 0.25) is 0 Å². The van der Waals surface area contributed by atoms with E-state index < -0.39 is 23.5 Å². The number of rotatable bonds is 3. The fourth-order valence-electron chi connectivity index (χ4n) is 2.30. The first-order chi connectivity index (χ1) is 9.68. The summed E-state index contributed by atoms with van der Waals surface area (Å²) in [5.41, 5.74) is -0.557. The highest BCUT2D eigenvalue weighted by molar-refractivity contribution is 5.91. The molecule has 21 heavy (non-hydrogen) atoms. The zero-order valence-electron chi connectivity index (χ0n) is 13.6. The summed E-state index contributed by atoms with van der Waals surface area (Å²) >= 11 is 0. The Labute approximate surface area is 126 Å². The molecule has 0 spiro atoms. The Balaban J connectivity index is 2.75. The van der Waals surface area contributed by atoms with Crippen molar-refractivity contribution >= 4 is 17.8 Å². The largest absolute Gasteiger partial charge is 0.467 e. The van der Waals surface area contributed by atoms with Gasteiger partial charge in [0.1, 0.15) is 12.1 Å². The number of hydrogen-bond acceptors (Lipinski definition) is 4. The molecule has 1 saturated heterocycles. The van der Waals surface area contributed by atoms with E-state index in [-0.39, 0.29) is 11.8 Å². The lowest BCUT2D eigenvalue weighted by Gasteiger charge is -2.35. The van der Waals surface area contributed by atoms with Crippen LogP contribution in [0.1, 0.15) is 47.0 Å². The van der Waals surface area contributed by atoms with Gasteiger partial charge in [0.2, 0.25) is 11.8 Å². The van der Waals surface area contributed by atoms with E-state index in [0.717, 1.165) is 12.8 Å². The van der Waals surface area contributed by atoms with E-state index in [9.17, 15) is 14.4 Å². The van der Waals surface area contributed by atoms with Crippen molar-refractivity contribution < 1.29 is 19.1 Å². The predicted octanol–water partition coefficient (Wildman–Crippen LogP) is 1.09. The molecule has 6 heteroatoms. The van der Waals surface area contributed by atoms with Gasteiger partial charge < -0.3 is 15.0 Å². The Kier molecular flexibility index (Phi) is 5.75. The van der Waals surface area contributed by atoms with Crippen LogP contribution in [0.3, 0.4) is 0 Å². The third-order valence-corrected chi connectivity index (χ3v) is 3.66. The van der Waals surface area contributed by atoms with Gasteiger partial charge in [-0.05, 0) is 26.2 Å². The van der Waals surface area contributed by atoms with Crippen LogP contribution in [0.15, 0.2) is 0 Å². The number of carbonyl (C=O) groups is 3. The molecule has 0 aromatic heterocycles. The van der Waals surface area contributed by atoms with Crippen LogP contribution in [0.5, 0.6) is 0 Å². The first-order valence-corrected chi connectivity index (χ1v) is 7.37. The van der Waals surface area contributed by atoms with E-state index in [1.165, 1.54) is 12.0 Å². The number of ether oxygens (including phenoxy) is 1. The van der Waals surface area contributed by atoms with Crippen LogP contribution in [0.4, 0.5) is 0 Å². The molecule has 1 aliphatic heterocycles. The summed E-state index contributed by atoms with van der Waals surface area (Å²) in [4.78, 5) is 37.8. The molecule has 0 aromatic carbocycles. The van der Waals surface area contributed by atoms with Gasteiger partial charge in [0, 0.05) is 12.0 Å². The molecule has 1 rings (SSSR count). The Morgan fingerprint density at radius 2 is 1.86 bits per heavy atom. The minimum Gasteiger partial charge on any atom is -0.467 e. The zero-order chi connectivity index (χ0) is 16.2. The summed E-state index contributed by atoms with van der Waals surface area (Å²) < 4.78 is 4.77. The third-order valence-electron chi connectivity index (χ3n) is 3.66. The molecule has 0 radical (unpaired) electrons. The van der Waals surface area contributed by atoms with Gasteiger partial charge in [-0.3, -0.25) is 9.59 Å². The van der Waals surface area contributed by atoms with E-state index in [2.05, 4.69) is 5.32 Å². The summed E-state index contributed by atoms with van der Waals surface area (Å²) in [5.74, 6) is -0.810. The fraction of sp³-hybridized carbons (Fsp3) is 0.800. The second-order valence-electron chi connectivity index (χ2n) is 6.51. The minimum atomic E-state index is -0.651. The minimum absolute atomic E-state index is 0.185. The van der Waals surface area contributed by atoms with E-state index >= 15 is 0 Å². The standard InChI is InChI=1S/C15H26N2O4/c1-10(16-14(20)15(2,3)4)12(18)17-9-7-6-8-11(17)13(19)21-5/h10-11H,6-9H2,1-5H3,(H,16,20)/t10?,11-/m1/s1. The van der Waals surface area contributed by atoms with Crippen molar-refractivity contribution in [1.82, 2.24) is 10.2 Å². The lowest BCUT2D eigenvalue weighted by atomic mass is 9.95. The molecule has 120 valence electrons. The summed E-state index contributed by atoms with van der Waals surface area (Å²) in [5, 5.41) is 2.71. The van der Waals surface area contributed by atoms with Crippen LogP contribution < -0.4 is 5.32 Å².